The Balaban J connectivity index is 1.86. The molecule has 0 aliphatic carbocycles. The second-order valence-corrected chi connectivity index (χ2v) is 7.26. The van der Waals surface area contributed by atoms with Crippen LogP contribution in [0.25, 0.3) is 10.6 Å². The molecule has 1 aromatic carbocycles. The first-order valence-electron chi connectivity index (χ1n) is 8.28. The smallest absolute Gasteiger partial charge is 0.266 e. The number of halogens is 1. The lowest BCUT2D eigenvalue weighted by atomic mass is 9.98. The maximum Gasteiger partial charge on any atom is 0.266 e. The summed E-state index contributed by atoms with van der Waals surface area (Å²) >= 11 is 1.30. The minimum atomic E-state index is -0.391. The van der Waals surface area contributed by atoms with Crippen LogP contribution in [0.15, 0.2) is 24.3 Å². The van der Waals surface area contributed by atoms with Crippen LogP contribution in [0.3, 0.4) is 0 Å². The van der Waals surface area contributed by atoms with Gasteiger partial charge in [-0.05, 0) is 50.5 Å². The number of nitrogens with two attached hydrogens (primary N) is 1. The molecular weight excluding hydrogens is 341 g/mol. The van der Waals surface area contributed by atoms with Crippen LogP contribution in [0.2, 0.25) is 0 Å². The number of aryl methyl sites for hydroxylation is 1. The van der Waals surface area contributed by atoms with Crippen molar-refractivity contribution in [1.29, 1.82) is 0 Å². The van der Waals surface area contributed by atoms with Gasteiger partial charge in [-0.1, -0.05) is 0 Å². The highest BCUT2D eigenvalue weighted by Crippen LogP contribution is 2.31. The fourth-order valence-corrected chi connectivity index (χ4v) is 4.18. The molecule has 1 atom stereocenters. The van der Waals surface area contributed by atoms with E-state index in [0.717, 1.165) is 24.8 Å². The Morgan fingerprint density at radius 3 is 2.72 bits per heavy atom. The predicted octanol–water partition coefficient (Wildman–Crippen LogP) is 3.13. The highest BCUT2D eigenvalue weighted by molar-refractivity contribution is 7.17. The summed E-state index contributed by atoms with van der Waals surface area (Å²) in [6, 6.07) is 5.91. The molecule has 2 N–H and O–H groups in total. The third-order valence-corrected chi connectivity index (χ3v) is 5.60. The van der Waals surface area contributed by atoms with E-state index in [-0.39, 0.29) is 24.2 Å². The maximum atomic E-state index is 13.1. The zero-order valence-corrected chi connectivity index (χ0v) is 14.8. The Labute approximate surface area is 149 Å². The van der Waals surface area contributed by atoms with Crippen LogP contribution >= 0.6 is 11.3 Å². The SMILES string of the molecule is Cc1nc(-c2ccc(F)cc2)sc1C(=O)N1CCCC[C@@H]1CC(N)=O. The lowest BCUT2D eigenvalue weighted by Crippen LogP contribution is -2.45. The summed E-state index contributed by atoms with van der Waals surface area (Å²) in [7, 11) is 0. The maximum absolute atomic E-state index is 13.1. The molecule has 1 fully saturated rings. The van der Waals surface area contributed by atoms with Crippen molar-refractivity contribution in [3.8, 4) is 10.6 Å². The minimum absolute atomic E-state index is 0.102. The molecule has 2 heterocycles. The van der Waals surface area contributed by atoms with Crippen molar-refractivity contribution in [3.63, 3.8) is 0 Å². The number of amides is 2. The van der Waals surface area contributed by atoms with Crippen molar-refractivity contribution < 1.29 is 14.0 Å². The molecule has 0 bridgehead atoms. The summed E-state index contributed by atoms with van der Waals surface area (Å²) in [5.41, 5.74) is 6.76. The second kappa shape index (κ2) is 7.31. The Kier molecular flexibility index (Phi) is 5.13. The molecule has 0 radical (unpaired) electrons. The van der Waals surface area contributed by atoms with E-state index < -0.39 is 5.91 Å². The quantitative estimate of drug-likeness (QED) is 0.909. The number of benzene rings is 1. The molecule has 5 nitrogen and oxygen atoms in total. The number of hydrogen-bond donors (Lipinski definition) is 1. The molecule has 0 spiro atoms. The van der Waals surface area contributed by atoms with Gasteiger partial charge in [0, 0.05) is 24.6 Å². The van der Waals surface area contributed by atoms with Crippen molar-refractivity contribution in [3.05, 3.63) is 40.7 Å². The highest BCUT2D eigenvalue weighted by atomic mass is 32.1. The number of likely N-dealkylation sites (tertiary alicyclic amines) is 1. The number of carbonyl (C=O) groups is 2. The van der Waals surface area contributed by atoms with Crippen LogP contribution in [0.1, 0.15) is 41.0 Å². The average Bonchev–Trinajstić information content (AvgIpc) is 2.96. The fraction of sp³-hybridized carbons (Fsp3) is 0.389. The standard InChI is InChI=1S/C18H20FN3O2S/c1-11-16(25-17(21-11)12-5-7-13(19)8-6-12)18(24)22-9-3-2-4-14(22)10-15(20)23/h5-8,14H,2-4,9-10H2,1H3,(H2,20,23)/t14-/m1/s1. The molecule has 1 aliphatic rings. The van der Waals surface area contributed by atoms with Gasteiger partial charge in [0.25, 0.3) is 5.91 Å². The van der Waals surface area contributed by atoms with E-state index in [0.29, 0.717) is 22.1 Å². The summed E-state index contributed by atoms with van der Waals surface area (Å²) in [5, 5.41) is 0.685. The van der Waals surface area contributed by atoms with Crippen molar-refractivity contribution in [1.82, 2.24) is 9.88 Å². The van der Waals surface area contributed by atoms with Gasteiger partial charge in [0.1, 0.15) is 15.7 Å². The van der Waals surface area contributed by atoms with E-state index in [2.05, 4.69) is 4.98 Å². The zero-order valence-electron chi connectivity index (χ0n) is 14.0. The number of piperidine rings is 1. The summed E-state index contributed by atoms with van der Waals surface area (Å²) < 4.78 is 13.1. The monoisotopic (exact) mass is 361 g/mol. The van der Waals surface area contributed by atoms with Crippen LogP contribution in [0, 0.1) is 12.7 Å². The fourth-order valence-electron chi connectivity index (χ4n) is 3.15. The molecule has 1 aliphatic heterocycles. The zero-order chi connectivity index (χ0) is 18.0. The number of primary amides is 1. The molecule has 132 valence electrons. The van der Waals surface area contributed by atoms with Crippen LogP contribution in [0.5, 0.6) is 0 Å². The number of rotatable bonds is 4. The first-order valence-corrected chi connectivity index (χ1v) is 9.10. The molecule has 0 saturated carbocycles. The minimum Gasteiger partial charge on any atom is -0.370 e. The van der Waals surface area contributed by atoms with Crippen molar-refractivity contribution in [2.45, 2.75) is 38.6 Å². The topological polar surface area (TPSA) is 76.3 Å². The molecule has 7 heteroatoms. The first kappa shape index (κ1) is 17.5. The van der Waals surface area contributed by atoms with Crippen LogP contribution in [0.4, 0.5) is 4.39 Å². The summed E-state index contributed by atoms with van der Waals surface area (Å²) in [6.45, 7) is 2.42. The normalized spacial score (nSPS) is 17.5. The first-order chi connectivity index (χ1) is 12.0. The number of carbonyl (C=O) groups excluding carboxylic acids is 2. The average molecular weight is 361 g/mol. The Morgan fingerprint density at radius 1 is 1.32 bits per heavy atom. The van der Waals surface area contributed by atoms with Gasteiger partial charge in [0.15, 0.2) is 0 Å². The Hall–Kier alpha value is -2.28. The molecule has 2 aromatic rings. The number of hydrogen-bond acceptors (Lipinski definition) is 4. The lowest BCUT2D eigenvalue weighted by molar-refractivity contribution is -0.119. The van der Waals surface area contributed by atoms with E-state index in [9.17, 15) is 14.0 Å². The Bertz CT molecular complexity index is 788. The summed E-state index contributed by atoms with van der Waals surface area (Å²) in [6.07, 6.45) is 2.89. The number of thiazole rings is 1. The van der Waals surface area contributed by atoms with Crippen molar-refractivity contribution in [2.24, 2.45) is 5.73 Å². The molecule has 2 amide bonds. The van der Waals surface area contributed by atoms with Crippen molar-refractivity contribution >= 4 is 23.2 Å². The molecule has 3 rings (SSSR count). The third-order valence-electron chi connectivity index (χ3n) is 4.41. The number of aromatic nitrogens is 1. The van der Waals surface area contributed by atoms with Gasteiger partial charge in [-0.15, -0.1) is 11.3 Å². The Morgan fingerprint density at radius 2 is 2.04 bits per heavy atom. The van der Waals surface area contributed by atoms with Crippen molar-refractivity contribution in [2.75, 3.05) is 6.54 Å². The van der Waals surface area contributed by atoms with E-state index in [1.807, 2.05) is 0 Å². The van der Waals surface area contributed by atoms with E-state index in [4.69, 9.17) is 5.73 Å². The molecule has 1 saturated heterocycles. The van der Waals surface area contributed by atoms with E-state index in [1.165, 1.54) is 23.5 Å². The molecule has 1 aromatic heterocycles. The van der Waals surface area contributed by atoms with Gasteiger partial charge in [-0.2, -0.15) is 0 Å². The van der Waals surface area contributed by atoms with Crippen LogP contribution < -0.4 is 5.73 Å². The summed E-state index contributed by atoms with van der Waals surface area (Å²) in [5.74, 6) is -0.803. The molecule has 0 unspecified atom stereocenters. The largest absolute Gasteiger partial charge is 0.370 e. The van der Waals surface area contributed by atoms with Gasteiger partial charge in [0.2, 0.25) is 5.91 Å². The van der Waals surface area contributed by atoms with Gasteiger partial charge < -0.3 is 10.6 Å². The molecule has 25 heavy (non-hydrogen) atoms. The summed E-state index contributed by atoms with van der Waals surface area (Å²) in [4.78, 5) is 31.1. The third kappa shape index (κ3) is 3.87. The highest BCUT2D eigenvalue weighted by Gasteiger charge is 2.30. The van der Waals surface area contributed by atoms with Crippen LogP contribution in [-0.2, 0) is 4.79 Å². The van der Waals surface area contributed by atoms with E-state index in [1.54, 1.807) is 24.0 Å². The second-order valence-electron chi connectivity index (χ2n) is 6.26. The number of nitrogens with zero attached hydrogens (tertiary/aromatic N) is 2. The van der Waals surface area contributed by atoms with Gasteiger partial charge >= 0.3 is 0 Å². The van der Waals surface area contributed by atoms with Gasteiger partial charge in [-0.25, -0.2) is 9.37 Å². The predicted molar refractivity (Wildman–Crippen MR) is 94.7 cm³/mol. The van der Waals surface area contributed by atoms with Gasteiger partial charge in [0.05, 0.1) is 5.69 Å². The van der Waals surface area contributed by atoms with E-state index >= 15 is 0 Å². The van der Waals surface area contributed by atoms with Gasteiger partial charge in [-0.3, -0.25) is 9.59 Å². The van der Waals surface area contributed by atoms with Crippen LogP contribution in [-0.4, -0.2) is 34.3 Å². The lowest BCUT2D eigenvalue weighted by Gasteiger charge is -2.35. The molecular formula is C18H20FN3O2S.